The van der Waals surface area contributed by atoms with Crippen LogP contribution in [-0.4, -0.2) is 48.8 Å². The standard InChI is InChI=1S/C22H22ClN3O3/c1-15-5-6-17(23)14-19(15)24-9-11-25(12-10-24)22(29)16-3-2-4-18(13-16)26-20(27)7-8-21(26)28/h2-6,13-14H,7-12H2,1H3. The highest BCUT2D eigenvalue weighted by molar-refractivity contribution is 6.30. The average molecular weight is 412 g/mol. The molecule has 2 aromatic carbocycles. The van der Waals surface area contributed by atoms with Crippen LogP contribution in [0.4, 0.5) is 11.4 Å². The van der Waals surface area contributed by atoms with Crippen molar-refractivity contribution < 1.29 is 14.4 Å². The van der Waals surface area contributed by atoms with Crippen LogP contribution in [0, 0.1) is 6.92 Å². The molecule has 0 radical (unpaired) electrons. The molecule has 0 spiro atoms. The van der Waals surface area contributed by atoms with Gasteiger partial charge in [0.2, 0.25) is 11.8 Å². The Hall–Kier alpha value is -2.86. The van der Waals surface area contributed by atoms with E-state index >= 15 is 0 Å². The number of nitrogens with zero attached hydrogens (tertiary/aromatic N) is 3. The van der Waals surface area contributed by atoms with Crippen LogP contribution in [0.2, 0.25) is 5.02 Å². The molecule has 2 aliphatic heterocycles. The fraction of sp³-hybridized carbons (Fsp3) is 0.318. The Balaban J connectivity index is 1.46. The van der Waals surface area contributed by atoms with Crippen molar-refractivity contribution in [1.29, 1.82) is 0 Å². The summed E-state index contributed by atoms with van der Waals surface area (Å²) >= 11 is 6.14. The van der Waals surface area contributed by atoms with Gasteiger partial charge >= 0.3 is 0 Å². The molecule has 29 heavy (non-hydrogen) atoms. The predicted molar refractivity (Wildman–Crippen MR) is 112 cm³/mol. The van der Waals surface area contributed by atoms with Gasteiger partial charge in [-0.15, -0.1) is 0 Å². The third-order valence-corrected chi connectivity index (χ3v) is 5.72. The molecule has 6 nitrogen and oxygen atoms in total. The van der Waals surface area contributed by atoms with Gasteiger partial charge in [0.05, 0.1) is 5.69 Å². The number of imide groups is 1. The molecular weight excluding hydrogens is 390 g/mol. The third kappa shape index (κ3) is 3.85. The molecular formula is C22H22ClN3O3. The number of aryl methyl sites for hydroxylation is 1. The predicted octanol–water partition coefficient (Wildman–Crippen LogP) is 3.26. The molecule has 0 aromatic heterocycles. The largest absolute Gasteiger partial charge is 0.368 e. The van der Waals surface area contributed by atoms with E-state index < -0.39 is 0 Å². The van der Waals surface area contributed by atoms with Gasteiger partial charge in [0.1, 0.15) is 0 Å². The second-order valence-electron chi connectivity index (χ2n) is 7.38. The van der Waals surface area contributed by atoms with Crippen LogP contribution in [0.1, 0.15) is 28.8 Å². The molecule has 2 saturated heterocycles. The first-order valence-corrected chi connectivity index (χ1v) is 10.1. The van der Waals surface area contributed by atoms with E-state index in [1.165, 1.54) is 4.90 Å². The summed E-state index contributed by atoms with van der Waals surface area (Å²) in [5, 5.41) is 0.701. The number of amides is 3. The average Bonchev–Trinajstić information content (AvgIpc) is 3.07. The summed E-state index contributed by atoms with van der Waals surface area (Å²) in [6.07, 6.45) is 0.448. The highest BCUT2D eigenvalue weighted by Crippen LogP contribution is 2.27. The molecule has 2 heterocycles. The number of carbonyl (C=O) groups excluding carboxylic acids is 3. The Labute approximate surface area is 174 Å². The first-order valence-electron chi connectivity index (χ1n) is 9.70. The Morgan fingerprint density at radius 2 is 1.62 bits per heavy atom. The van der Waals surface area contributed by atoms with E-state index in [9.17, 15) is 14.4 Å². The van der Waals surface area contributed by atoms with Gasteiger partial charge < -0.3 is 9.80 Å². The lowest BCUT2D eigenvalue weighted by atomic mass is 10.1. The minimum absolute atomic E-state index is 0.0894. The summed E-state index contributed by atoms with van der Waals surface area (Å²) in [4.78, 5) is 42.2. The lowest BCUT2D eigenvalue weighted by Crippen LogP contribution is -2.49. The van der Waals surface area contributed by atoms with Crippen molar-refractivity contribution in [2.75, 3.05) is 36.0 Å². The van der Waals surface area contributed by atoms with E-state index in [0.717, 1.165) is 24.3 Å². The first-order chi connectivity index (χ1) is 13.9. The van der Waals surface area contributed by atoms with Crippen LogP contribution >= 0.6 is 11.6 Å². The van der Waals surface area contributed by atoms with Gasteiger partial charge in [-0.05, 0) is 42.8 Å². The summed E-state index contributed by atoms with van der Waals surface area (Å²) in [5.41, 5.74) is 3.21. The molecule has 2 aromatic rings. The van der Waals surface area contributed by atoms with Gasteiger partial charge in [0, 0.05) is 55.3 Å². The number of benzene rings is 2. The molecule has 0 N–H and O–H groups in total. The van der Waals surface area contributed by atoms with Gasteiger partial charge in [0.15, 0.2) is 0 Å². The maximum Gasteiger partial charge on any atom is 0.254 e. The van der Waals surface area contributed by atoms with Crippen molar-refractivity contribution in [3.8, 4) is 0 Å². The summed E-state index contributed by atoms with van der Waals surface area (Å²) < 4.78 is 0. The summed E-state index contributed by atoms with van der Waals surface area (Å²) in [7, 11) is 0. The molecule has 150 valence electrons. The van der Waals surface area contributed by atoms with Gasteiger partial charge in [-0.1, -0.05) is 23.7 Å². The molecule has 0 saturated carbocycles. The topological polar surface area (TPSA) is 60.9 Å². The maximum atomic E-state index is 13.0. The lowest BCUT2D eigenvalue weighted by Gasteiger charge is -2.37. The van der Waals surface area contributed by atoms with E-state index in [-0.39, 0.29) is 30.6 Å². The normalized spacial score (nSPS) is 17.2. The second-order valence-corrected chi connectivity index (χ2v) is 7.82. The van der Waals surface area contributed by atoms with Gasteiger partial charge in [-0.25, -0.2) is 0 Å². The lowest BCUT2D eigenvalue weighted by molar-refractivity contribution is -0.121. The van der Waals surface area contributed by atoms with Crippen molar-refractivity contribution in [2.24, 2.45) is 0 Å². The Kier molecular flexibility index (Phi) is 5.28. The van der Waals surface area contributed by atoms with Crippen molar-refractivity contribution in [1.82, 2.24) is 4.90 Å². The smallest absolute Gasteiger partial charge is 0.254 e. The highest BCUT2D eigenvalue weighted by atomic mass is 35.5. The zero-order chi connectivity index (χ0) is 20.5. The maximum absolute atomic E-state index is 13.0. The Morgan fingerprint density at radius 3 is 2.31 bits per heavy atom. The van der Waals surface area contributed by atoms with E-state index in [2.05, 4.69) is 11.8 Å². The van der Waals surface area contributed by atoms with E-state index in [4.69, 9.17) is 11.6 Å². The number of halogens is 1. The second kappa shape index (κ2) is 7.87. The van der Waals surface area contributed by atoms with Crippen molar-refractivity contribution >= 4 is 40.7 Å². The summed E-state index contributed by atoms with van der Waals surface area (Å²) in [5.74, 6) is -0.524. The van der Waals surface area contributed by atoms with Crippen molar-refractivity contribution in [2.45, 2.75) is 19.8 Å². The number of piperazine rings is 1. The number of hydrogen-bond donors (Lipinski definition) is 0. The molecule has 0 aliphatic carbocycles. The number of anilines is 2. The Bertz CT molecular complexity index is 967. The fourth-order valence-electron chi connectivity index (χ4n) is 3.90. The zero-order valence-electron chi connectivity index (χ0n) is 16.2. The SMILES string of the molecule is Cc1ccc(Cl)cc1N1CCN(C(=O)c2cccc(N3C(=O)CCC3=O)c2)CC1. The Morgan fingerprint density at radius 1 is 0.931 bits per heavy atom. The van der Waals surface area contributed by atoms with E-state index in [0.29, 0.717) is 29.4 Å². The summed E-state index contributed by atoms with van der Waals surface area (Å²) in [6, 6.07) is 12.6. The summed E-state index contributed by atoms with van der Waals surface area (Å²) in [6.45, 7) is 4.67. The highest BCUT2D eigenvalue weighted by Gasteiger charge is 2.31. The molecule has 2 fully saturated rings. The minimum atomic E-state index is -0.217. The van der Waals surface area contributed by atoms with Crippen LogP contribution in [-0.2, 0) is 9.59 Å². The van der Waals surface area contributed by atoms with Gasteiger partial charge in [-0.2, -0.15) is 0 Å². The number of carbonyl (C=O) groups is 3. The van der Waals surface area contributed by atoms with Crippen LogP contribution < -0.4 is 9.80 Å². The minimum Gasteiger partial charge on any atom is -0.368 e. The molecule has 3 amide bonds. The molecule has 2 aliphatic rings. The van der Waals surface area contributed by atoms with Crippen molar-refractivity contribution in [3.05, 3.63) is 58.6 Å². The van der Waals surface area contributed by atoms with E-state index in [1.54, 1.807) is 24.3 Å². The fourth-order valence-corrected chi connectivity index (χ4v) is 4.07. The number of hydrogen-bond acceptors (Lipinski definition) is 4. The first kappa shape index (κ1) is 19.5. The molecule has 4 rings (SSSR count). The molecule has 0 bridgehead atoms. The van der Waals surface area contributed by atoms with Crippen LogP contribution in [0.25, 0.3) is 0 Å². The molecule has 7 heteroatoms. The van der Waals surface area contributed by atoms with E-state index in [1.807, 2.05) is 23.1 Å². The molecule has 0 atom stereocenters. The zero-order valence-corrected chi connectivity index (χ0v) is 17.0. The van der Waals surface area contributed by atoms with Gasteiger partial charge in [0.25, 0.3) is 5.91 Å². The van der Waals surface area contributed by atoms with Crippen LogP contribution in [0.3, 0.4) is 0 Å². The van der Waals surface area contributed by atoms with Crippen LogP contribution in [0.15, 0.2) is 42.5 Å². The molecule has 0 unspecified atom stereocenters. The van der Waals surface area contributed by atoms with Gasteiger partial charge in [-0.3, -0.25) is 19.3 Å². The number of rotatable bonds is 3. The quantitative estimate of drug-likeness (QED) is 0.727. The monoisotopic (exact) mass is 411 g/mol. The van der Waals surface area contributed by atoms with Crippen molar-refractivity contribution in [3.63, 3.8) is 0 Å². The van der Waals surface area contributed by atoms with Crippen LogP contribution in [0.5, 0.6) is 0 Å². The third-order valence-electron chi connectivity index (χ3n) is 5.48.